The summed E-state index contributed by atoms with van der Waals surface area (Å²) in [5.41, 5.74) is 4.16. The molecule has 0 radical (unpaired) electrons. The van der Waals surface area contributed by atoms with Crippen LogP contribution in [-0.4, -0.2) is 24.0 Å². The first-order valence-corrected chi connectivity index (χ1v) is 9.45. The summed E-state index contributed by atoms with van der Waals surface area (Å²) in [5.74, 6) is 0. The van der Waals surface area contributed by atoms with Crippen molar-refractivity contribution in [3.63, 3.8) is 0 Å². The number of unbranched alkanes of at least 4 members (excludes halogenated alkanes) is 1. The Balaban J connectivity index is 1.43. The van der Waals surface area contributed by atoms with Gasteiger partial charge in [-0.2, -0.15) is 0 Å². The summed E-state index contributed by atoms with van der Waals surface area (Å²) >= 11 is 0. The highest BCUT2D eigenvalue weighted by atomic mass is 15.1. The fourth-order valence-electron chi connectivity index (χ4n) is 3.46. The molecule has 0 spiro atoms. The normalized spacial score (nSPS) is 16.2. The van der Waals surface area contributed by atoms with Crippen molar-refractivity contribution in [1.29, 1.82) is 0 Å². The zero-order valence-corrected chi connectivity index (χ0v) is 14.9. The van der Waals surface area contributed by atoms with E-state index in [1.54, 1.807) is 0 Å². The molecule has 0 aromatic heterocycles. The van der Waals surface area contributed by atoms with Crippen molar-refractivity contribution >= 4 is 5.69 Å². The topological polar surface area (TPSA) is 15.3 Å². The number of hydrogen-bond donors (Lipinski definition) is 1. The van der Waals surface area contributed by atoms with Crippen molar-refractivity contribution in [2.75, 3.05) is 18.4 Å². The van der Waals surface area contributed by atoms with Crippen LogP contribution in [0.15, 0.2) is 54.6 Å². The molecule has 1 aliphatic heterocycles. The molecule has 2 nitrogen and oxygen atoms in total. The molecule has 3 rings (SSSR count). The Morgan fingerprint density at radius 2 is 1.62 bits per heavy atom. The molecule has 2 aromatic carbocycles. The second-order valence-electron chi connectivity index (χ2n) is 6.98. The van der Waals surface area contributed by atoms with Gasteiger partial charge in [-0.05, 0) is 48.9 Å². The van der Waals surface area contributed by atoms with E-state index in [-0.39, 0.29) is 0 Å². The monoisotopic (exact) mass is 322 g/mol. The molecule has 0 amide bonds. The quantitative estimate of drug-likeness (QED) is 0.762. The number of nitrogens with zero attached hydrogens (tertiary/aromatic N) is 1. The predicted molar refractivity (Wildman–Crippen MR) is 103 cm³/mol. The Morgan fingerprint density at radius 3 is 2.29 bits per heavy atom. The van der Waals surface area contributed by atoms with E-state index in [0.717, 1.165) is 6.54 Å². The minimum atomic E-state index is 0.610. The Labute approximate surface area is 146 Å². The Morgan fingerprint density at radius 1 is 0.917 bits per heavy atom. The van der Waals surface area contributed by atoms with Crippen molar-refractivity contribution in [2.24, 2.45) is 0 Å². The first-order chi connectivity index (χ1) is 11.8. The van der Waals surface area contributed by atoms with E-state index in [1.807, 2.05) is 0 Å². The largest absolute Gasteiger partial charge is 0.382 e. The third kappa shape index (κ3) is 5.10. The summed E-state index contributed by atoms with van der Waals surface area (Å²) in [6.45, 7) is 5.70. The van der Waals surface area contributed by atoms with Crippen LogP contribution in [0.5, 0.6) is 0 Å². The third-order valence-electron chi connectivity index (χ3n) is 4.98. The van der Waals surface area contributed by atoms with Crippen LogP contribution < -0.4 is 5.32 Å². The lowest BCUT2D eigenvalue weighted by Crippen LogP contribution is -2.38. The zero-order valence-electron chi connectivity index (χ0n) is 14.9. The maximum Gasteiger partial charge on any atom is 0.0342 e. The molecule has 0 bridgehead atoms. The van der Waals surface area contributed by atoms with Gasteiger partial charge in [-0.25, -0.2) is 0 Å². The first kappa shape index (κ1) is 17.0. The number of benzene rings is 2. The predicted octanol–water partition coefficient (Wildman–Crippen LogP) is 5.11. The van der Waals surface area contributed by atoms with Gasteiger partial charge in [0.25, 0.3) is 0 Å². The van der Waals surface area contributed by atoms with Crippen molar-refractivity contribution in [3.8, 4) is 0 Å². The standard InChI is InChI=1S/C22H30N2/c1-2-3-7-19-10-12-21(13-11-19)23-22-14-16-24(17-15-22)18-20-8-5-4-6-9-20/h4-6,8-13,22-23H,2-3,7,14-18H2,1H3. The second kappa shape index (κ2) is 8.89. The lowest BCUT2D eigenvalue weighted by molar-refractivity contribution is 0.211. The molecular weight excluding hydrogens is 292 g/mol. The van der Waals surface area contributed by atoms with E-state index in [2.05, 4.69) is 71.7 Å². The molecule has 0 saturated carbocycles. The molecule has 0 atom stereocenters. The molecule has 1 saturated heterocycles. The Hall–Kier alpha value is -1.80. The van der Waals surface area contributed by atoms with Crippen LogP contribution in [0.4, 0.5) is 5.69 Å². The minimum Gasteiger partial charge on any atom is -0.382 e. The van der Waals surface area contributed by atoms with Gasteiger partial charge in [-0.1, -0.05) is 55.8 Å². The summed E-state index contributed by atoms with van der Waals surface area (Å²) in [6.07, 6.45) is 6.21. The lowest BCUT2D eigenvalue weighted by Gasteiger charge is -2.33. The van der Waals surface area contributed by atoms with Crippen molar-refractivity contribution < 1.29 is 0 Å². The number of hydrogen-bond acceptors (Lipinski definition) is 2. The van der Waals surface area contributed by atoms with Crippen molar-refractivity contribution in [3.05, 3.63) is 65.7 Å². The van der Waals surface area contributed by atoms with Gasteiger partial charge in [0.1, 0.15) is 0 Å². The minimum absolute atomic E-state index is 0.610. The van der Waals surface area contributed by atoms with E-state index in [9.17, 15) is 0 Å². The summed E-state index contributed by atoms with van der Waals surface area (Å²) < 4.78 is 0. The molecule has 2 heteroatoms. The van der Waals surface area contributed by atoms with Crippen LogP contribution in [0.2, 0.25) is 0 Å². The van der Waals surface area contributed by atoms with Gasteiger partial charge in [-0.3, -0.25) is 4.90 Å². The highest BCUT2D eigenvalue weighted by Crippen LogP contribution is 2.19. The number of nitrogens with one attached hydrogen (secondary N) is 1. The van der Waals surface area contributed by atoms with Gasteiger partial charge in [-0.15, -0.1) is 0 Å². The van der Waals surface area contributed by atoms with Crippen LogP contribution in [0.3, 0.4) is 0 Å². The summed E-state index contributed by atoms with van der Waals surface area (Å²) in [4.78, 5) is 2.57. The average molecular weight is 322 g/mol. The SMILES string of the molecule is CCCCc1ccc(NC2CCN(Cc3ccccc3)CC2)cc1. The van der Waals surface area contributed by atoms with Gasteiger partial charge < -0.3 is 5.32 Å². The van der Waals surface area contributed by atoms with Crippen LogP contribution in [0.25, 0.3) is 0 Å². The Bertz CT molecular complexity index is 583. The molecule has 0 aliphatic carbocycles. The van der Waals surface area contributed by atoms with Crippen LogP contribution in [0.1, 0.15) is 43.7 Å². The molecule has 1 fully saturated rings. The number of aryl methyl sites for hydroxylation is 1. The van der Waals surface area contributed by atoms with Gasteiger partial charge >= 0.3 is 0 Å². The zero-order chi connectivity index (χ0) is 16.6. The molecule has 128 valence electrons. The van der Waals surface area contributed by atoms with E-state index in [0.29, 0.717) is 6.04 Å². The van der Waals surface area contributed by atoms with Gasteiger partial charge in [0, 0.05) is 31.4 Å². The number of piperidine rings is 1. The number of rotatable bonds is 7. The number of anilines is 1. The fraction of sp³-hybridized carbons (Fsp3) is 0.455. The summed E-state index contributed by atoms with van der Waals surface area (Å²) in [7, 11) is 0. The van der Waals surface area contributed by atoms with E-state index in [1.165, 1.54) is 62.0 Å². The maximum atomic E-state index is 3.72. The Kier molecular flexibility index (Phi) is 6.31. The fourth-order valence-corrected chi connectivity index (χ4v) is 3.46. The molecular formula is C22H30N2. The summed E-state index contributed by atoms with van der Waals surface area (Å²) in [6, 6.07) is 20.5. The van der Waals surface area contributed by atoms with Crippen LogP contribution in [0, 0.1) is 0 Å². The highest BCUT2D eigenvalue weighted by Gasteiger charge is 2.18. The second-order valence-corrected chi connectivity index (χ2v) is 6.98. The third-order valence-corrected chi connectivity index (χ3v) is 4.98. The van der Waals surface area contributed by atoms with Crippen LogP contribution >= 0.6 is 0 Å². The van der Waals surface area contributed by atoms with Crippen molar-refractivity contribution in [1.82, 2.24) is 4.90 Å². The van der Waals surface area contributed by atoms with Crippen LogP contribution in [-0.2, 0) is 13.0 Å². The molecule has 1 N–H and O–H groups in total. The average Bonchev–Trinajstić information content (AvgIpc) is 2.64. The van der Waals surface area contributed by atoms with E-state index >= 15 is 0 Å². The molecule has 0 unspecified atom stereocenters. The molecule has 1 heterocycles. The van der Waals surface area contributed by atoms with Gasteiger partial charge in [0.15, 0.2) is 0 Å². The highest BCUT2D eigenvalue weighted by molar-refractivity contribution is 5.45. The van der Waals surface area contributed by atoms with E-state index < -0.39 is 0 Å². The van der Waals surface area contributed by atoms with Gasteiger partial charge in [0.05, 0.1) is 0 Å². The molecule has 2 aromatic rings. The van der Waals surface area contributed by atoms with Crippen molar-refractivity contribution in [2.45, 2.75) is 51.6 Å². The summed E-state index contributed by atoms with van der Waals surface area (Å²) in [5, 5.41) is 3.72. The maximum absolute atomic E-state index is 3.72. The lowest BCUT2D eigenvalue weighted by atomic mass is 10.0. The number of likely N-dealkylation sites (tertiary alicyclic amines) is 1. The van der Waals surface area contributed by atoms with E-state index in [4.69, 9.17) is 0 Å². The smallest absolute Gasteiger partial charge is 0.0342 e. The molecule has 24 heavy (non-hydrogen) atoms. The first-order valence-electron chi connectivity index (χ1n) is 9.45. The van der Waals surface area contributed by atoms with Gasteiger partial charge in [0.2, 0.25) is 0 Å². The molecule has 1 aliphatic rings.